The summed E-state index contributed by atoms with van der Waals surface area (Å²) in [7, 11) is -1.68. The first-order chi connectivity index (χ1) is 9.76. The molecule has 0 unspecified atom stereocenters. The Labute approximate surface area is 136 Å². The Kier molecular flexibility index (Phi) is 7.24. The summed E-state index contributed by atoms with van der Waals surface area (Å²) >= 11 is 1.84. The van der Waals surface area contributed by atoms with Gasteiger partial charge in [0.25, 0.3) is 0 Å². The number of hydrogen-bond donors (Lipinski definition) is 0. The molecule has 21 heavy (non-hydrogen) atoms. The van der Waals surface area contributed by atoms with Gasteiger partial charge in [0.1, 0.15) is 0 Å². The summed E-state index contributed by atoms with van der Waals surface area (Å²) < 4.78 is 6.38. The number of benzene rings is 1. The van der Waals surface area contributed by atoms with Gasteiger partial charge in [-0.2, -0.15) is 0 Å². The van der Waals surface area contributed by atoms with Crippen LogP contribution in [0.2, 0.25) is 18.1 Å². The van der Waals surface area contributed by atoms with Crippen LogP contribution in [0.3, 0.4) is 0 Å². The van der Waals surface area contributed by atoms with E-state index in [1.165, 1.54) is 16.2 Å². The smallest absolute Gasteiger partial charge is 0.192 e. The van der Waals surface area contributed by atoms with Crippen molar-refractivity contribution in [2.45, 2.75) is 63.6 Å². The van der Waals surface area contributed by atoms with Crippen molar-refractivity contribution in [1.82, 2.24) is 0 Å². The average molecular weight is 323 g/mol. The number of allylic oxidation sites excluding steroid dienone is 1. The van der Waals surface area contributed by atoms with Crippen LogP contribution in [0.4, 0.5) is 0 Å². The van der Waals surface area contributed by atoms with E-state index in [-0.39, 0.29) is 5.04 Å². The molecule has 0 aliphatic heterocycles. The minimum atomic E-state index is -1.68. The quantitative estimate of drug-likeness (QED) is 0.419. The number of thioether (sulfide) groups is 1. The average Bonchev–Trinajstić information content (AvgIpc) is 2.42. The molecular weight excluding hydrogens is 292 g/mol. The molecule has 0 spiro atoms. The van der Waals surface area contributed by atoms with Crippen LogP contribution in [0.1, 0.15) is 40.5 Å². The second-order valence-electron chi connectivity index (χ2n) is 6.92. The highest BCUT2D eigenvalue weighted by Gasteiger charge is 2.37. The Hall–Kier alpha value is -0.513. The minimum Gasteiger partial charge on any atom is -0.412 e. The van der Waals surface area contributed by atoms with Crippen LogP contribution in [0, 0.1) is 0 Å². The van der Waals surface area contributed by atoms with Crippen LogP contribution >= 0.6 is 11.8 Å². The highest BCUT2D eigenvalue weighted by molar-refractivity contribution is 8.03. The van der Waals surface area contributed by atoms with E-state index in [9.17, 15) is 0 Å². The first-order valence-electron chi connectivity index (χ1n) is 7.82. The van der Waals surface area contributed by atoms with E-state index in [1.54, 1.807) is 0 Å². The molecule has 0 aromatic heterocycles. The van der Waals surface area contributed by atoms with Crippen molar-refractivity contribution >= 4 is 20.1 Å². The van der Waals surface area contributed by atoms with E-state index >= 15 is 0 Å². The standard InChI is InChI=1S/C18H30OSSi/c1-7-8-12-17(20-16-13-10-9-11-14-16)15-19-21(5,6)18(2,3)4/h9-14H,7-8,15H2,1-6H3/b17-12+. The highest BCUT2D eigenvalue weighted by Crippen LogP contribution is 2.38. The van der Waals surface area contributed by atoms with E-state index in [0.29, 0.717) is 0 Å². The molecule has 0 heterocycles. The normalized spacial score (nSPS) is 13.5. The van der Waals surface area contributed by atoms with Gasteiger partial charge in [-0.1, -0.05) is 70.2 Å². The largest absolute Gasteiger partial charge is 0.412 e. The van der Waals surface area contributed by atoms with Crippen molar-refractivity contribution in [3.8, 4) is 0 Å². The Morgan fingerprint density at radius 2 is 1.81 bits per heavy atom. The topological polar surface area (TPSA) is 9.23 Å². The maximum absolute atomic E-state index is 6.38. The van der Waals surface area contributed by atoms with Crippen LogP contribution in [0.15, 0.2) is 46.2 Å². The van der Waals surface area contributed by atoms with Crippen molar-refractivity contribution in [3.63, 3.8) is 0 Å². The van der Waals surface area contributed by atoms with Gasteiger partial charge in [0.15, 0.2) is 8.32 Å². The van der Waals surface area contributed by atoms with E-state index in [2.05, 4.69) is 77.2 Å². The Balaban J connectivity index is 2.72. The number of unbranched alkanes of at least 4 members (excludes halogenated alkanes) is 1. The molecule has 0 saturated heterocycles. The summed E-state index contributed by atoms with van der Waals surface area (Å²) in [6.45, 7) is 14.5. The van der Waals surface area contributed by atoms with Crippen LogP contribution in [0.5, 0.6) is 0 Å². The van der Waals surface area contributed by atoms with Crippen molar-refractivity contribution in [2.24, 2.45) is 0 Å². The fourth-order valence-corrected chi connectivity index (χ4v) is 3.51. The van der Waals surface area contributed by atoms with E-state index in [1.807, 2.05) is 11.8 Å². The minimum absolute atomic E-state index is 0.264. The summed E-state index contributed by atoms with van der Waals surface area (Å²) in [6, 6.07) is 10.6. The number of hydrogen-bond acceptors (Lipinski definition) is 2. The molecule has 0 amide bonds. The second kappa shape index (κ2) is 8.21. The van der Waals surface area contributed by atoms with Gasteiger partial charge < -0.3 is 4.43 Å². The van der Waals surface area contributed by atoms with E-state index in [0.717, 1.165) is 13.0 Å². The Bertz CT molecular complexity index is 446. The van der Waals surface area contributed by atoms with E-state index in [4.69, 9.17) is 4.43 Å². The zero-order valence-electron chi connectivity index (χ0n) is 14.4. The number of rotatable bonds is 7. The molecule has 0 aliphatic rings. The molecule has 0 saturated carbocycles. The first kappa shape index (κ1) is 18.5. The fraction of sp³-hybridized carbons (Fsp3) is 0.556. The summed E-state index contributed by atoms with van der Waals surface area (Å²) in [5.41, 5.74) is 0. The summed E-state index contributed by atoms with van der Waals surface area (Å²) in [5.74, 6) is 0. The van der Waals surface area contributed by atoms with Gasteiger partial charge in [0.2, 0.25) is 0 Å². The lowest BCUT2D eigenvalue weighted by Gasteiger charge is -2.36. The van der Waals surface area contributed by atoms with Crippen molar-refractivity contribution in [2.75, 3.05) is 6.61 Å². The predicted octanol–water partition coefficient (Wildman–Crippen LogP) is 6.48. The molecule has 0 atom stereocenters. The predicted molar refractivity (Wildman–Crippen MR) is 98.4 cm³/mol. The molecule has 0 N–H and O–H groups in total. The Morgan fingerprint density at radius 3 is 2.33 bits per heavy atom. The summed E-state index contributed by atoms with van der Waals surface area (Å²) in [5, 5.41) is 0.264. The van der Waals surface area contributed by atoms with Gasteiger partial charge in [-0.15, -0.1) is 0 Å². The van der Waals surface area contributed by atoms with Gasteiger partial charge >= 0.3 is 0 Å². The lowest BCUT2D eigenvalue weighted by Crippen LogP contribution is -2.41. The molecule has 1 aromatic carbocycles. The molecule has 0 fully saturated rings. The van der Waals surface area contributed by atoms with Crippen molar-refractivity contribution in [3.05, 3.63) is 41.3 Å². The molecule has 0 aliphatic carbocycles. The summed E-state index contributed by atoms with van der Waals surface area (Å²) in [6.07, 6.45) is 4.64. The lowest BCUT2D eigenvalue weighted by molar-refractivity contribution is 0.325. The molecule has 1 rings (SSSR count). The van der Waals surface area contributed by atoms with Gasteiger partial charge in [-0.05, 0) is 36.7 Å². The highest BCUT2D eigenvalue weighted by atomic mass is 32.2. The molecule has 0 radical (unpaired) electrons. The third kappa shape index (κ3) is 6.41. The molecule has 0 bridgehead atoms. The molecule has 118 valence electrons. The zero-order valence-corrected chi connectivity index (χ0v) is 16.2. The van der Waals surface area contributed by atoms with Crippen LogP contribution < -0.4 is 0 Å². The summed E-state index contributed by atoms with van der Waals surface area (Å²) in [4.78, 5) is 2.63. The SMILES string of the molecule is CCC/C=C(\CO[Si](C)(C)C(C)(C)C)Sc1ccccc1. The maximum Gasteiger partial charge on any atom is 0.192 e. The second-order valence-corrected chi connectivity index (χ2v) is 12.9. The maximum atomic E-state index is 6.38. The molecular formula is C18H30OSSi. The molecule has 3 heteroatoms. The molecule has 1 nitrogen and oxygen atoms in total. The van der Waals surface area contributed by atoms with Crippen molar-refractivity contribution < 1.29 is 4.43 Å². The van der Waals surface area contributed by atoms with Gasteiger partial charge in [0.05, 0.1) is 6.61 Å². The third-order valence-corrected chi connectivity index (χ3v) is 9.57. The van der Waals surface area contributed by atoms with Crippen LogP contribution in [-0.4, -0.2) is 14.9 Å². The van der Waals surface area contributed by atoms with Gasteiger partial charge in [0, 0.05) is 9.80 Å². The Morgan fingerprint density at radius 1 is 1.19 bits per heavy atom. The van der Waals surface area contributed by atoms with E-state index < -0.39 is 8.32 Å². The monoisotopic (exact) mass is 322 g/mol. The lowest BCUT2D eigenvalue weighted by atomic mass is 10.2. The zero-order chi connectivity index (χ0) is 15.9. The molecule has 1 aromatic rings. The van der Waals surface area contributed by atoms with Crippen LogP contribution in [0.25, 0.3) is 0 Å². The van der Waals surface area contributed by atoms with Gasteiger partial charge in [-0.3, -0.25) is 0 Å². The van der Waals surface area contributed by atoms with Crippen LogP contribution in [-0.2, 0) is 4.43 Å². The van der Waals surface area contributed by atoms with Gasteiger partial charge in [-0.25, -0.2) is 0 Å². The fourth-order valence-electron chi connectivity index (χ4n) is 1.54. The third-order valence-electron chi connectivity index (χ3n) is 4.03. The van der Waals surface area contributed by atoms with Crippen molar-refractivity contribution in [1.29, 1.82) is 0 Å². The first-order valence-corrected chi connectivity index (χ1v) is 11.5.